The van der Waals surface area contributed by atoms with Crippen molar-refractivity contribution in [1.29, 1.82) is 0 Å². The average molecular weight is 397 g/mol. The summed E-state index contributed by atoms with van der Waals surface area (Å²) < 4.78 is 0. The van der Waals surface area contributed by atoms with Gasteiger partial charge in [-0.15, -0.1) is 0 Å². The van der Waals surface area contributed by atoms with E-state index in [0.717, 1.165) is 42.4 Å². The molecule has 0 radical (unpaired) electrons. The van der Waals surface area contributed by atoms with Gasteiger partial charge in [0.25, 0.3) is 0 Å². The zero-order valence-electron chi connectivity index (χ0n) is 19.4. The minimum absolute atomic E-state index is 0.0780. The highest BCUT2D eigenvalue weighted by Crippen LogP contribution is 2.52. The van der Waals surface area contributed by atoms with Gasteiger partial charge < -0.3 is 10.2 Å². The van der Waals surface area contributed by atoms with Crippen LogP contribution in [0.3, 0.4) is 0 Å². The molecule has 0 bridgehead atoms. The van der Waals surface area contributed by atoms with Crippen LogP contribution in [-0.2, 0) is 0 Å². The van der Waals surface area contributed by atoms with Crippen molar-refractivity contribution in [2.45, 2.75) is 86.0 Å². The summed E-state index contributed by atoms with van der Waals surface area (Å²) >= 11 is 0. The van der Waals surface area contributed by atoms with E-state index in [-0.39, 0.29) is 17.6 Å². The molecular weight excluding hydrogens is 356 g/mol. The highest BCUT2D eigenvalue weighted by molar-refractivity contribution is 5.58. The SMILES string of the molecule is CC1=C[C@@H](c2c(C)cc(O)c([C@@H]3C=C(C)CC[C@H]3C(C)C)c2O)[C@H](C(C)C)CC1. The molecule has 0 fully saturated rings. The van der Waals surface area contributed by atoms with Gasteiger partial charge >= 0.3 is 0 Å². The molecule has 2 N–H and O–H groups in total. The van der Waals surface area contributed by atoms with Crippen LogP contribution in [0.1, 0.15) is 95.8 Å². The molecule has 0 amide bonds. The third kappa shape index (κ3) is 4.27. The zero-order chi connectivity index (χ0) is 21.5. The maximum Gasteiger partial charge on any atom is 0.127 e. The van der Waals surface area contributed by atoms with Crippen molar-refractivity contribution in [2.75, 3.05) is 0 Å². The normalized spacial score (nSPS) is 27.9. The lowest BCUT2D eigenvalue weighted by atomic mass is 9.68. The quantitative estimate of drug-likeness (QED) is 0.514. The van der Waals surface area contributed by atoms with Crippen molar-refractivity contribution in [3.63, 3.8) is 0 Å². The Bertz CT molecular complexity index is 748. The molecule has 4 atom stereocenters. The largest absolute Gasteiger partial charge is 0.507 e. The molecule has 29 heavy (non-hydrogen) atoms. The molecule has 0 spiro atoms. The van der Waals surface area contributed by atoms with Gasteiger partial charge in [-0.05, 0) is 81.8 Å². The van der Waals surface area contributed by atoms with Crippen LogP contribution < -0.4 is 0 Å². The molecular formula is C27H40O2. The molecule has 2 heteroatoms. The summed E-state index contributed by atoms with van der Waals surface area (Å²) in [6.45, 7) is 15.5. The van der Waals surface area contributed by atoms with Gasteiger partial charge in [0, 0.05) is 23.0 Å². The van der Waals surface area contributed by atoms with Gasteiger partial charge in [-0.2, -0.15) is 0 Å². The molecule has 0 aromatic heterocycles. The van der Waals surface area contributed by atoms with Crippen molar-refractivity contribution >= 4 is 0 Å². The summed E-state index contributed by atoms with van der Waals surface area (Å²) in [5, 5.41) is 22.6. The minimum Gasteiger partial charge on any atom is -0.507 e. The topological polar surface area (TPSA) is 40.5 Å². The molecule has 160 valence electrons. The fraction of sp³-hybridized carbons (Fsp3) is 0.630. The number of phenolic OH excluding ortho intramolecular Hbond substituents is 2. The molecule has 0 aliphatic heterocycles. The van der Waals surface area contributed by atoms with Crippen LogP contribution in [0.5, 0.6) is 11.5 Å². The lowest BCUT2D eigenvalue weighted by molar-refractivity contribution is 0.295. The van der Waals surface area contributed by atoms with Gasteiger partial charge in [-0.1, -0.05) is 51.0 Å². The smallest absolute Gasteiger partial charge is 0.127 e. The Hall–Kier alpha value is -1.70. The van der Waals surface area contributed by atoms with Gasteiger partial charge in [0.1, 0.15) is 11.5 Å². The Morgan fingerprint density at radius 2 is 1.21 bits per heavy atom. The first-order valence-corrected chi connectivity index (χ1v) is 11.5. The van der Waals surface area contributed by atoms with E-state index in [1.54, 1.807) is 0 Å². The number of aryl methyl sites for hydroxylation is 1. The fourth-order valence-corrected chi connectivity index (χ4v) is 5.83. The maximum absolute atomic E-state index is 11.6. The van der Waals surface area contributed by atoms with Crippen LogP contribution in [-0.4, -0.2) is 10.2 Å². The standard InChI is InChI=1S/C27H40O2/c1-15(2)20-10-8-17(5)12-22(20)25-19(7)14-24(28)26(27(25)29)23-13-18(6)9-11-21(23)16(3)4/h12-16,20-23,28-29H,8-11H2,1-7H3/t20-,21-,22+,23+/m0/s1. The Balaban J connectivity index is 2.19. The van der Waals surface area contributed by atoms with Gasteiger partial charge in [0.2, 0.25) is 0 Å². The van der Waals surface area contributed by atoms with Gasteiger partial charge in [0.05, 0.1) is 0 Å². The number of allylic oxidation sites excluding steroid dienone is 4. The van der Waals surface area contributed by atoms with Crippen LogP contribution in [0.4, 0.5) is 0 Å². The molecule has 1 aromatic carbocycles. The average Bonchev–Trinajstić information content (AvgIpc) is 2.61. The lowest BCUT2D eigenvalue weighted by Crippen LogP contribution is -2.24. The zero-order valence-corrected chi connectivity index (χ0v) is 19.4. The molecule has 2 nitrogen and oxygen atoms in total. The molecule has 0 saturated heterocycles. The van der Waals surface area contributed by atoms with Gasteiger partial charge in [-0.3, -0.25) is 0 Å². The van der Waals surface area contributed by atoms with Crippen LogP contribution in [0.25, 0.3) is 0 Å². The Labute approximate surface area is 177 Å². The Morgan fingerprint density at radius 3 is 1.66 bits per heavy atom. The van der Waals surface area contributed by atoms with Gasteiger partial charge in [-0.25, -0.2) is 0 Å². The minimum atomic E-state index is 0.0780. The monoisotopic (exact) mass is 396 g/mol. The number of aromatic hydroxyl groups is 2. The van der Waals surface area contributed by atoms with E-state index in [1.807, 2.05) is 13.0 Å². The first-order valence-electron chi connectivity index (χ1n) is 11.5. The van der Waals surface area contributed by atoms with Gasteiger partial charge in [0.15, 0.2) is 0 Å². The van der Waals surface area contributed by atoms with E-state index in [2.05, 4.69) is 53.7 Å². The molecule has 0 heterocycles. The lowest BCUT2D eigenvalue weighted by Gasteiger charge is -2.37. The summed E-state index contributed by atoms with van der Waals surface area (Å²) in [4.78, 5) is 0. The predicted molar refractivity (Wildman–Crippen MR) is 123 cm³/mol. The second-order valence-electron chi connectivity index (χ2n) is 10.4. The summed E-state index contributed by atoms with van der Waals surface area (Å²) in [6.07, 6.45) is 9.20. The second kappa shape index (κ2) is 8.58. The van der Waals surface area contributed by atoms with E-state index in [9.17, 15) is 10.2 Å². The van der Waals surface area contributed by atoms with Crippen LogP contribution in [0.2, 0.25) is 0 Å². The summed E-state index contributed by atoms with van der Waals surface area (Å²) in [6, 6.07) is 1.90. The maximum atomic E-state index is 11.6. The van der Waals surface area contributed by atoms with Crippen LogP contribution in [0, 0.1) is 30.6 Å². The number of benzene rings is 1. The van der Waals surface area contributed by atoms with E-state index in [1.165, 1.54) is 11.1 Å². The molecule has 2 aliphatic carbocycles. The van der Waals surface area contributed by atoms with Crippen LogP contribution >= 0.6 is 0 Å². The predicted octanol–water partition coefficient (Wildman–Crippen LogP) is 7.60. The highest BCUT2D eigenvalue weighted by atomic mass is 16.3. The third-order valence-corrected chi connectivity index (χ3v) is 7.54. The molecule has 0 unspecified atom stereocenters. The summed E-state index contributed by atoms with van der Waals surface area (Å²) in [7, 11) is 0. The Kier molecular flexibility index (Phi) is 6.51. The summed E-state index contributed by atoms with van der Waals surface area (Å²) in [5.74, 6) is 2.91. The first-order chi connectivity index (χ1) is 13.6. The van der Waals surface area contributed by atoms with E-state index < -0.39 is 0 Å². The van der Waals surface area contributed by atoms with E-state index in [4.69, 9.17) is 0 Å². The number of phenols is 2. The fourth-order valence-electron chi connectivity index (χ4n) is 5.83. The van der Waals surface area contributed by atoms with E-state index in [0.29, 0.717) is 29.4 Å². The van der Waals surface area contributed by atoms with E-state index >= 15 is 0 Å². The molecule has 3 rings (SSSR count). The summed E-state index contributed by atoms with van der Waals surface area (Å²) in [5.41, 5.74) is 5.57. The van der Waals surface area contributed by atoms with Crippen molar-refractivity contribution in [2.24, 2.45) is 23.7 Å². The highest BCUT2D eigenvalue weighted by Gasteiger charge is 2.36. The van der Waals surface area contributed by atoms with Crippen molar-refractivity contribution in [3.8, 4) is 11.5 Å². The van der Waals surface area contributed by atoms with Crippen molar-refractivity contribution in [3.05, 3.63) is 46.1 Å². The molecule has 1 aromatic rings. The third-order valence-electron chi connectivity index (χ3n) is 7.54. The Morgan fingerprint density at radius 1 is 0.759 bits per heavy atom. The van der Waals surface area contributed by atoms with Crippen LogP contribution in [0.15, 0.2) is 29.4 Å². The number of rotatable bonds is 4. The number of hydrogen-bond donors (Lipinski definition) is 2. The second-order valence-corrected chi connectivity index (χ2v) is 10.4. The first kappa shape index (κ1) is 22.0. The van der Waals surface area contributed by atoms with Crippen molar-refractivity contribution < 1.29 is 10.2 Å². The molecule has 2 aliphatic rings. The molecule has 0 saturated carbocycles. The van der Waals surface area contributed by atoms with Crippen molar-refractivity contribution in [1.82, 2.24) is 0 Å². The number of hydrogen-bond acceptors (Lipinski definition) is 2.